The molecule has 0 aliphatic rings. The van der Waals surface area contributed by atoms with Crippen LogP contribution in [0.15, 0.2) is 36.7 Å². The lowest BCUT2D eigenvalue weighted by Gasteiger charge is -2.03. The van der Waals surface area contributed by atoms with Crippen LogP contribution in [0.2, 0.25) is 0 Å². The third kappa shape index (κ3) is 1.57. The van der Waals surface area contributed by atoms with Gasteiger partial charge in [-0.1, -0.05) is 11.6 Å². The van der Waals surface area contributed by atoms with Gasteiger partial charge in [0.1, 0.15) is 5.82 Å². The average Bonchev–Trinajstić information content (AvgIpc) is 2.94. The van der Waals surface area contributed by atoms with Crippen molar-refractivity contribution in [2.24, 2.45) is 7.05 Å². The highest BCUT2D eigenvalue weighted by molar-refractivity contribution is 5.83. The smallest absolute Gasteiger partial charge is 0.157 e. The van der Waals surface area contributed by atoms with E-state index in [1.54, 1.807) is 13.3 Å². The maximum Gasteiger partial charge on any atom is 0.157 e. The summed E-state index contributed by atoms with van der Waals surface area (Å²) in [6.45, 7) is 2.10. The molecule has 0 unspecified atom stereocenters. The number of aromatic nitrogens is 3. The number of nitrogens with zero attached hydrogens (tertiary/aromatic N) is 3. The summed E-state index contributed by atoms with van der Waals surface area (Å²) in [5.41, 5.74) is 2.46. The van der Waals surface area contributed by atoms with Gasteiger partial charge >= 0.3 is 0 Å². The molecule has 0 aliphatic carbocycles. The van der Waals surface area contributed by atoms with Crippen molar-refractivity contribution in [3.05, 3.63) is 42.2 Å². The third-order valence-electron chi connectivity index (χ3n) is 3.20. The van der Waals surface area contributed by atoms with E-state index in [1.165, 1.54) is 16.5 Å². The van der Waals surface area contributed by atoms with Gasteiger partial charge in [-0.15, -0.1) is 0 Å². The molecule has 0 aliphatic heterocycles. The summed E-state index contributed by atoms with van der Waals surface area (Å²) in [4.78, 5) is 0. The average molecular weight is 241 g/mol. The summed E-state index contributed by atoms with van der Waals surface area (Å²) in [7, 11) is 3.69. The van der Waals surface area contributed by atoms with E-state index < -0.39 is 0 Å². The Morgan fingerprint density at radius 1 is 1.22 bits per heavy atom. The molecule has 0 fully saturated rings. The molecule has 18 heavy (non-hydrogen) atoms. The normalized spacial score (nSPS) is 11.1. The second-order valence-corrected chi connectivity index (χ2v) is 4.45. The van der Waals surface area contributed by atoms with Crippen LogP contribution in [0.5, 0.6) is 5.75 Å². The monoisotopic (exact) mass is 241 g/mol. The Hall–Kier alpha value is -2.23. The van der Waals surface area contributed by atoms with Gasteiger partial charge in [0.2, 0.25) is 0 Å². The van der Waals surface area contributed by atoms with E-state index in [0.717, 1.165) is 11.6 Å². The molecule has 0 bridgehead atoms. The van der Waals surface area contributed by atoms with Gasteiger partial charge < -0.3 is 9.30 Å². The fourth-order valence-electron chi connectivity index (χ4n) is 2.21. The maximum absolute atomic E-state index is 5.16. The molecule has 2 heterocycles. The Morgan fingerprint density at radius 3 is 2.78 bits per heavy atom. The molecule has 1 aromatic carbocycles. The second kappa shape index (κ2) is 3.91. The summed E-state index contributed by atoms with van der Waals surface area (Å²) in [5, 5.41) is 5.53. The van der Waals surface area contributed by atoms with Crippen LogP contribution in [0.25, 0.3) is 16.7 Å². The van der Waals surface area contributed by atoms with E-state index in [-0.39, 0.29) is 0 Å². The van der Waals surface area contributed by atoms with Gasteiger partial charge in [0, 0.05) is 18.0 Å². The van der Waals surface area contributed by atoms with Crippen molar-refractivity contribution in [3.8, 4) is 11.6 Å². The Labute approximate surface area is 105 Å². The van der Waals surface area contributed by atoms with Crippen LogP contribution in [0.3, 0.4) is 0 Å². The second-order valence-electron chi connectivity index (χ2n) is 4.45. The minimum atomic E-state index is 0.761. The lowest BCUT2D eigenvalue weighted by Crippen LogP contribution is -2.01. The summed E-state index contributed by atoms with van der Waals surface area (Å²) < 4.78 is 9.11. The Balaban J connectivity index is 2.20. The summed E-state index contributed by atoms with van der Waals surface area (Å²) in [6.07, 6.45) is 3.59. The highest BCUT2D eigenvalue weighted by Gasteiger charge is 2.09. The first-order valence-corrected chi connectivity index (χ1v) is 5.84. The molecule has 0 N–H and O–H groups in total. The molecule has 0 amide bonds. The van der Waals surface area contributed by atoms with Crippen LogP contribution in [-0.2, 0) is 7.05 Å². The minimum absolute atomic E-state index is 0.761. The third-order valence-corrected chi connectivity index (χ3v) is 3.20. The van der Waals surface area contributed by atoms with Gasteiger partial charge in [0.25, 0.3) is 0 Å². The van der Waals surface area contributed by atoms with Crippen LogP contribution in [0.4, 0.5) is 0 Å². The van der Waals surface area contributed by atoms with E-state index in [1.807, 2.05) is 17.9 Å². The molecule has 3 aromatic rings. The van der Waals surface area contributed by atoms with Crippen LogP contribution in [0.1, 0.15) is 5.56 Å². The molecule has 4 heteroatoms. The molecule has 0 saturated carbocycles. The van der Waals surface area contributed by atoms with Gasteiger partial charge in [-0.05, 0) is 25.1 Å². The molecule has 0 atom stereocenters. The molecule has 0 spiro atoms. The van der Waals surface area contributed by atoms with Crippen molar-refractivity contribution in [1.29, 1.82) is 0 Å². The van der Waals surface area contributed by atoms with Gasteiger partial charge in [-0.25, -0.2) is 4.68 Å². The van der Waals surface area contributed by atoms with E-state index in [4.69, 9.17) is 4.74 Å². The highest BCUT2D eigenvalue weighted by atomic mass is 16.5. The molecule has 0 radical (unpaired) electrons. The van der Waals surface area contributed by atoms with Gasteiger partial charge in [-0.3, -0.25) is 0 Å². The Morgan fingerprint density at radius 2 is 2.06 bits per heavy atom. The molecule has 92 valence electrons. The van der Waals surface area contributed by atoms with Crippen molar-refractivity contribution in [1.82, 2.24) is 14.3 Å². The van der Waals surface area contributed by atoms with Crippen LogP contribution >= 0.6 is 0 Å². The number of methoxy groups -OCH3 is 1. The quantitative estimate of drug-likeness (QED) is 0.691. The number of aryl methyl sites for hydroxylation is 2. The van der Waals surface area contributed by atoms with Gasteiger partial charge in [0.15, 0.2) is 5.75 Å². The summed E-state index contributed by atoms with van der Waals surface area (Å²) in [6, 6.07) is 8.57. The highest BCUT2D eigenvalue weighted by Crippen LogP contribution is 2.23. The van der Waals surface area contributed by atoms with E-state index >= 15 is 0 Å². The number of hydrogen-bond acceptors (Lipinski definition) is 2. The topological polar surface area (TPSA) is 32.0 Å². The van der Waals surface area contributed by atoms with E-state index in [0.29, 0.717) is 0 Å². The zero-order valence-corrected chi connectivity index (χ0v) is 10.7. The Bertz CT molecular complexity index is 709. The molecule has 2 aromatic heterocycles. The van der Waals surface area contributed by atoms with Gasteiger partial charge in [-0.2, -0.15) is 5.10 Å². The summed E-state index contributed by atoms with van der Waals surface area (Å²) >= 11 is 0. The van der Waals surface area contributed by atoms with E-state index in [2.05, 4.69) is 40.9 Å². The predicted octanol–water partition coefficient (Wildman–Crippen LogP) is 2.68. The van der Waals surface area contributed by atoms with E-state index in [9.17, 15) is 0 Å². The van der Waals surface area contributed by atoms with Crippen molar-refractivity contribution in [3.63, 3.8) is 0 Å². The molecular weight excluding hydrogens is 226 g/mol. The molecule has 4 nitrogen and oxygen atoms in total. The lowest BCUT2D eigenvalue weighted by molar-refractivity contribution is 0.414. The fourth-order valence-corrected chi connectivity index (χ4v) is 2.21. The number of hydrogen-bond donors (Lipinski definition) is 0. The lowest BCUT2D eigenvalue weighted by atomic mass is 10.2. The maximum atomic E-state index is 5.16. The van der Waals surface area contributed by atoms with Crippen molar-refractivity contribution >= 4 is 10.9 Å². The fraction of sp³-hybridized carbons (Fsp3) is 0.214. The van der Waals surface area contributed by atoms with Gasteiger partial charge in [0.05, 0.1) is 19.5 Å². The van der Waals surface area contributed by atoms with Crippen LogP contribution in [-0.4, -0.2) is 21.5 Å². The minimum Gasteiger partial charge on any atom is -0.493 e. The first kappa shape index (κ1) is 10.9. The Kier molecular flexibility index (Phi) is 2.37. The SMILES string of the molecule is COc1cnn(-c2cc3cc(C)ccc3n2C)c1. The number of rotatable bonds is 2. The number of benzene rings is 1. The zero-order valence-electron chi connectivity index (χ0n) is 10.7. The van der Waals surface area contributed by atoms with Crippen molar-refractivity contribution in [2.45, 2.75) is 6.92 Å². The largest absolute Gasteiger partial charge is 0.493 e. The molecular formula is C14H15N3O. The molecule has 0 saturated heterocycles. The zero-order chi connectivity index (χ0) is 12.7. The molecule has 3 rings (SSSR count). The number of ether oxygens (including phenoxy) is 1. The number of fused-ring (bicyclic) bond motifs is 1. The summed E-state index contributed by atoms with van der Waals surface area (Å²) in [5.74, 6) is 1.79. The standard InChI is InChI=1S/C14H15N3O/c1-10-4-5-13-11(6-10)7-14(16(13)2)17-9-12(18-3)8-15-17/h4-9H,1-3H3. The predicted molar refractivity (Wildman–Crippen MR) is 71.3 cm³/mol. The van der Waals surface area contributed by atoms with Crippen molar-refractivity contribution in [2.75, 3.05) is 7.11 Å². The van der Waals surface area contributed by atoms with Crippen molar-refractivity contribution < 1.29 is 4.74 Å². The first-order valence-electron chi connectivity index (χ1n) is 5.84. The first-order chi connectivity index (χ1) is 8.69. The van der Waals surface area contributed by atoms with Crippen LogP contribution in [0, 0.1) is 6.92 Å². The van der Waals surface area contributed by atoms with Crippen LogP contribution < -0.4 is 4.74 Å².